The van der Waals surface area contributed by atoms with Crippen molar-refractivity contribution >= 4 is 48.1 Å². The van der Waals surface area contributed by atoms with Crippen molar-refractivity contribution < 1.29 is 83.2 Å². The van der Waals surface area contributed by atoms with Crippen LogP contribution in [0, 0.1) is 10.1 Å². The molecule has 0 aliphatic rings. The Balaban J connectivity index is -0.0000000284. The summed E-state index contributed by atoms with van der Waals surface area (Å²) in [5.74, 6) is 0. The SMILES string of the molecule is CCCCCCCCCCCCOS(=O)(=O)O.O.O.O.O.O=[N+]([O-])O.[Ca+2].[H-].[H-].[H-].[Na+]. The molecule has 0 heterocycles. The van der Waals surface area contributed by atoms with Gasteiger partial charge in [0.1, 0.15) is 0 Å². The van der Waals surface area contributed by atoms with Crippen LogP contribution in [0.3, 0.4) is 0 Å². The molecule has 0 unspecified atom stereocenters. The Morgan fingerprint density at radius 2 is 1.15 bits per heavy atom. The van der Waals surface area contributed by atoms with Crippen LogP contribution < -0.4 is 29.6 Å². The zero-order valence-corrected chi connectivity index (χ0v) is 21.3. The molecular weight excluding hydrogens is 429 g/mol. The predicted octanol–water partition coefficient (Wildman–Crippen LogP) is -2.96. The summed E-state index contributed by atoms with van der Waals surface area (Å²) in [5, 5.41) is 13.6. The molecule has 0 aliphatic heterocycles. The molecule has 0 aliphatic carbocycles. The van der Waals surface area contributed by atoms with Crippen molar-refractivity contribution in [2.45, 2.75) is 71.1 Å². The number of rotatable bonds is 12. The molecule has 0 saturated heterocycles. The van der Waals surface area contributed by atoms with E-state index in [4.69, 9.17) is 19.9 Å². The molecule has 15 heteroatoms. The van der Waals surface area contributed by atoms with Gasteiger partial charge in [-0.15, -0.1) is 10.1 Å². The number of hydrogen-bond donors (Lipinski definition) is 2. The van der Waals surface area contributed by atoms with E-state index in [0.717, 1.165) is 12.8 Å². The molecule has 0 fully saturated rings. The van der Waals surface area contributed by atoms with Gasteiger partial charge in [0.25, 0.3) is 5.09 Å². The van der Waals surface area contributed by atoms with Crippen LogP contribution in [0.2, 0.25) is 0 Å². The molecule has 166 valence electrons. The molecule has 0 bridgehead atoms. The van der Waals surface area contributed by atoms with Crippen molar-refractivity contribution in [3.63, 3.8) is 0 Å². The molecule has 0 aromatic carbocycles. The van der Waals surface area contributed by atoms with Gasteiger partial charge in [-0.05, 0) is 6.42 Å². The Labute approximate surface area is 217 Å². The molecule has 12 nitrogen and oxygen atoms in total. The smallest absolute Gasteiger partial charge is 1.00 e. The maximum Gasteiger partial charge on any atom is 2.00 e. The first-order valence-corrected chi connectivity index (χ1v) is 8.61. The van der Waals surface area contributed by atoms with Gasteiger partial charge < -0.3 is 31.4 Å². The van der Waals surface area contributed by atoms with Crippen molar-refractivity contribution in [3.8, 4) is 0 Å². The topological polar surface area (TPSA) is 253 Å². The van der Waals surface area contributed by atoms with Crippen LogP contribution in [0.25, 0.3) is 0 Å². The molecule has 0 aromatic rings. The van der Waals surface area contributed by atoms with E-state index in [1.165, 1.54) is 44.9 Å². The molecule has 0 amide bonds. The van der Waals surface area contributed by atoms with E-state index in [0.29, 0.717) is 6.42 Å². The first-order valence-electron chi connectivity index (χ1n) is 7.24. The fourth-order valence-corrected chi connectivity index (χ4v) is 2.08. The van der Waals surface area contributed by atoms with Crippen LogP contribution in [0.15, 0.2) is 0 Å². The molecule has 27 heavy (non-hydrogen) atoms. The zero-order valence-electron chi connectivity index (χ0n) is 19.3. The molecule has 0 rings (SSSR count). The van der Waals surface area contributed by atoms with Gasteiger partial charge >= 0.3 is 77.7 Å². The van der Waals surface area contributed by atoms with Gasteiger partial charge in [-0.1, -0.05) is 64.7 Å². The summed E-state index contributed by atoms with van der Waals surface area (Å²) < 4.78 is 33.0. The fraction of sp³-hybridized carbons (Fsp3) is 1.00. The Kier molecular flexibility index (Phi) is 71.7. The van der Waals surface area contributed by atoms with E-state index in [1.54, 1.807) is 0 Å². The second-order valence-electron chi connectivity index (χ2n) is 4.67. The van der Waals surface area contributed by atoms with Gasteiger partial charge in [-0.3, -0.25) is 4.55 Å². The van der Waals surface area contributed by atoms with Gasteiger partial charge in [0.05, 0.1) is 6.61 Å². The number of nitrogens with zero attached hydrogens (tertiary/aromatic N) is 1. The largest absolute Gasteiger partial charge is 2.00 e. The van der Waals surface area contributed by atoms with Crippen molar-refractivity contribution in [3.05, 3.63) is 10.1 Å². The minimum atomic E-state index is -4.23. The predicted molar refractivity (Wildman–Crippen MR) is 102 cm³/mol. The first kappa shape index (κ1) is 51.1. The molecular formula is C12H38CaNNaO11S. The third-order valence-electron chi connectivity index (χ3n) is 2.73. The fourth-order valence-electron chi connectivity index (χ4n) is 1.75. The van der Waals surface area contributed by atoms with Crippen LogP contribution in [-0.2, 0) is 14.6 Å². The number of unbranched alkanes of at least 4 members (excludes halogenated alkanes) is 9. The molecule has 0 spiro atoms. The van der Waals surface area contributed by atoms with Crippen molar-refractivity contribution in [1.29, 1.82) is 0 Å². The van der Waals surface area contributed by atoms with Gasteiger partial charge in [-0.2, -0.15) is 8.42 Å². The normalized spacial score (nSPS) is 8.37. The first-order chi connectivity index (χ1) is 9.79. The van der Waals surface area contributed by atoms with Gasteiger partial charge in [-0.25, -0.2) is 4.18 Å². The second-order valence-corrected chi connectivity index (χ2v) is 5.76. The number of hydrogen-bond acceptors (Lipinski definition) is 5. The zero-order chi connectivity index (χ0) is 16.6. The quantitative estimate of drug-likeness (QED) is 0.0989. The minimum Gasteiger partial charge on any atom is -1.00 e. The van der Waals surface area contributed by atoms with Crippen LogP contribution >= 0.6 is 0 Å². The van der Waals surface area contributed by atoms with E-state index in [-0.39, 0.29) is 100 Å². The van der Waals surface area contributed by atoms with Crippen molar-refractivity contribution in [2.24, 2.45) is 0 Å². The Morgan fingerprint density at radius 1 is 0.889 bits per heavy atom. The molecule has 0 saturated carbocycles. The summed E-state index contributed by atoms with van der Waals surface area (Å²) in [6, 6.07) is 0. The monoisotopic (exact) mass is 467 g/mol. The van der Waals surface area contributed by atoms with E-state index in [9.17, 15) is 8.42 Å². The van der Waals surface area contributed by atoms with Crippen LogP contribution in [-0.4, -0.2) is 89.5 Å². The molecule has 0 atom stereocenters. The summed E-state index contributed by atoms with van der Waals surface area (Å²) in [6.45, 7) is 2.31. The van der Waals surface area contributed by atoms with Gasteiger partial charge in [0, 0.05) is 0 Å². The summed E-state index contributed by atoms with van der Waals surface area (Å²) in [7, 11) is -4.23. The van der Waals surface area contributed by atoms with Crippen molar-refractivity contribution in [1.82, 2.24) is 0 Å². The third kappa shape index (κ3) is 74.8. The summed E-state index contributed by atoms with van der Waals surface area (Å²) in [6.07, 6.45) is 11.9. The second kappa shape index (κ2) is 37.9. The van der Waals surface area contributed by atoms with E-state index < -0.39 is 15.5 Å². The maximum absolute atomic E-state index is 10.2. The Morgan fingerprint density at radius 3 is 1.41 bits per heavy atom. The van der Waals surface area contributed by atoms with Crippen LogP contribution in [0.5, 0.6) is 0 Å². The van der Waals surface area contributed by atoms with E-state index in [2.05, 4.69) is 11.1 Å². The average molecular weight is 468 g/mol. The third-order valence-corrected chi connectivity index (χ3v) is 3.19. The van der Waals surface area contributed by atoms with Crippen LogP contribution in [0.4, 0.5) is 0 Å². The van der Waals surface area contributed by atoms with Gasteiger partial charge in [0.2, 0.25) is 0 Å². The molecule has 10 N–H and O–H groups in total. The average Bonchev–Trinajstić information content (AvgIpc) is 2.34. The molecule has 0 aromatic heterocycles. The Hall–Kier alpha value is 1.17. The molecule has 0 radical (unpaired) electrons. The summed E-state index contributed by atoms with van der Waals surface area (Å²) in [5.41, 5.74) is 0. The van der Waals surface area contributed by atoms with Crippen molar-refractivity contribution in [2.75, 3.05) is 6.61 Å². The standard InChI is InChI=1S/C12H26O4S.Ca.HNO3.Na.4H2O.3H/c1-2-3-4-5-6-7-8-9-10-11-12-16-17(13,14)15;;2-1(3)4;;;;;;;;/h2-12H2,1H3,(H,13,14,15);;(H,2,3,4);;4*1H2;;;/q;+2;;+1;;;;;3*-1. The summed E-state index contributed by atoms with van der Waals surface area (Å²) in [4.78, 5) is 8.36. The maximum atomic E-state index is 10.2. The minimum absolute atomic E-state index is 0. The van der Waals surface area contributed by atoms with Gasteiger partial charge in [0.15, 0.2) is 0 Å². The van der Waals surface area contributed by atoms with E-state index >= 15 is 0 Å². The summed E-state index contributed by atoms with van der Waals surface area (Å²) >= 11 is 0. The van der Waals surface area contributed by atoms with Crippen LogP contribution in [0.1, 0.15) is 75.4 Å². The Bertz CT molecular complexity index is 360. The van der Waals surface area contributed by atoms with E-state index in [1.807, 2.05) is 0 Å².